The predicted octanol–water partition coefficient (Wildman–Crippen LogP) is 6.28. The first-order valence-electron chi connectivity index (χ1n) is 11.1. The number of nitrogens with zero attached hydrogens (tertiary/aromatic N) is 3. The van der Waals surface area contributed by atoms with Gasteiger partial charge in [-0.2, -0.15) is 5.26 Å². The molecular formula is C30H23N3O. The molecule has 0 atom stereocenters. The number of aromatic nitrogens is 2. The minimum Gasteiger partial charge on any atom is -0.507 e. The molecule has 5 aromatic rings. The van der Waals surface area contributed by atoms with Crippen molar-refractivity contribution in [3.8, 4) is 23.1 Å². The number of aromatic hydroxyl groups is 1. The van der Waals surface area contributed by atoms with E-state index in [1.165, 1.54) is 0 Å². The largest absolute Gasteiger partial charge is 0.507 e. The lowest BCUT2D eigenvalue weighted by Crippen LogP contribution is -2.36. The predicted molar refractivity (Wildman–Crippen MR) is 133 cm³/mol. The number of hydrogen-bond donors (Lipinski definition) is 1. The third kappa shape index (κ3) is 3.35. The standard InChI is InChI=1S/C30H23N3O/c1-22-23(19-31)17-18-28(34)29(22)27-20-33(21-32-27)30(24-11-5-2-6-12-24,25-13-7-3-8-14-25)26-15-9-4-10-16-26/h2-18,20-21,34H,1H3. The van der Waals surface area contributed by atoms with Crippen LogP contribution in [0.1, 0.15) is 27.8 Å². The van der Waals surface area contributed by atoms with E-state index in [-0.39, 0.29) is 5.75 Å². The third-order valence-electron chi connectivity index (χ3n) is 6.36. The summed E-state index contributed by atoms with van der Waals surface area (Å²) < 4.78 is 2.10. The molecule has 1 aromatic heterocycles. The van der Waals surface area contributed by atoms with E-state index in [9.17, 15) is 10.4 Å². The minimum atomic E-state index is -0.689. The highest BCUT2D eigenvalue weighted by molar-refractivity contribution is 5.73. The fraction of sp³-hybridized carbons (Fsp3) is 0.0667. The van der Waals surface area contributed by atoms with Crippen LogP contribution < -0.4 is 0 Å². The van der Waals surface area contributed by atoms with Crippen LogP contribution in [0, 0.1) is 18.3 Å². The van der Waals surface area contributed by atoms with Crippen molar-refractivity contribution in [3.63, 3.8) is 0 Å². The lowest BCUT2D eigenvalue weighted by molar-refractivity contribution is 0.476. The van der Waals surface area contributed by atoms with Gasteiger partial charge in [-0.3, -0.25) is 0 Å². The van der Waals surface area contributed by atoms with Crippen molar-refractivity contribution in [2.45, 2.75) is 12.5 Å². The summed E-state index contributed by atoms with van der Waals surface area (Å²) in [5.41, 5.74) is 4.97. The van der Waals surface area contributed by atoms with Crippen LogP contribution in [-0.2, 0) is 5.54 Å². The third-order valence-corrected chi connectivity index (χ3v) is 6.36. The van der Waals surface area contributed by atoms with Gasteiger partial charge in [-0.15, -0.1) is 0 Å². The number of imidazole rings is 1. The number of benzene rings is 4. The Bertz CT molecular complexity index is 1370. The second kappa shape index (κ2) is 8.73. The zero-order chi connectivity index (χ0) is 23.5. The molecule has 0 radical (unpaired) electrons. The summed E-state index contributed by atoms with van der Waals surface area (Å²) in [4.78, 5) is 4.72. The molecule has 0 amide bonds. The van der Waals surface area contributed by atoms with Gasteiger partial charge in [0.2, 0.25) is 0 Å². The van der Waals surface area contributed by atoms with Crippen LogP contribution in [0.4, 0.5) is 0 Å². The smallest absolute Gasteiger partial charge is 0.125 e. The van der Waals surface area contributed by atoms with E-state index in [0.717, 1.165) is 16.7 Å². The van der Waals surface area contributed by atoms with Gasteiger partial charge in [0.15, 0.2) is 0 Å². The Labute approximate surface area is 199 Å². The molecule has 0 spiro atoms. The SMILES string of the molecule is Cc1c(C#N)ccc(O)c1-c1cn(C(c2ccccc2)(c2ccccc2)c2ccccc2)cn1. The second-order valence-electron chi connectivity index (χ2n) is 8.22. The van der Waals surface area contributed by atoms with E-state index in [0.29, 0.717) is 22.4 Å². The maximum atomic E-state index is 10.7. The molecule has 4 nitrogen and oxygen atoms in total. The first-order valence-corrected chi connectivity index (χ1v) is 11.1. The van der Waals surface area contributed by atoms with Crippen molar-refractivity contribution in [1.29, 1.82) is 5.26 Å². The average molecular weight is 442 g/mol. The van der Waals surface area contributed by atoms with Gasteiger partial charge in [0.1, 0.15) is 11.3 Å². The Morgan fingerprint density at radius 1 is 0.765 bits per heavy atom. The van der Waals surface area contributed by atoms with Gasteiger partial charge in [0.25, 0.3) is 0 Å². The molecule has 0 aliphatic rings. The lowest BCUT2D eigenvalue weighted by atomic mass is 9.76. The van der Waals surface area contributed by atoms with E-state index in [2.05, 4.69) is 47.0 Å². The minimum absolute atomic E-state index is 0.103. The molecule has 5 rings (SSSR count). The quantitative estimate of drug-likeness (QED) is 0.327. The van der Waals surface area contributed by atoms with Crippen molar-refractivity contribution in [2.75, 3.05) is 0 Å². The average Bonchev–Trinajstić information content (AvgIpc) is 3.36. The Hall–Kier alpha value is -4.62. The van der Waals surface area contributed by atoms with Crippen molar-refractivity contribution in [3.05, 3.63) is 143 Å². The second-order valence-corrected chi connectivity index (χ2v) is 8.22. The monoisotopic (exact) mass is 441 g/mol. The zero-order valence-electron chi connectivity index (χ0n) is 18.8. The Morgan fingerprint density at radius 2 is 1.26 bits per heavy atom. The Balaban J connectivity index is 1.83. The van der Waals surface area contributed by atoms with Crippen LogP contribution >= 0.6 is 0 Å². The van der Waals surface area contributed by atoms with Crippen LogP contribution in [0.25, 0.3) is 11.3 Å². The zero-order valence-corrected chi connectivity index (χ0v) is 18.8. The van der Waals surface area contributed by atoms with Gasteiger partial charge in [-0.05, 0) is 41.3 Å². The number of hydrogen-bond acceptors (Lipinski definition) is 3. The van der Waals surface area contributed by atoms with E-state index in [1.807, 2.05) is 67.7 Å². The molecule has 164 valence electrons. The molecule has 4 aromatic carbocycles. The van der Waals surface area contributed by atoms with E-state index < -0.39 is 5.54 Å². The molecular weight excluding hydrogens is 418 g/mol. The van der Waals surface area contributed by atoms with Gasteiger partial charge in [0.05, 0.1) is 23.7 Å². The lowest BCUT2D eigenvalue weighted by Gasteiger charge is -2.37. The van der Waals surface area contributed by atoms with Crippen LogP contribution in [-0.4, -0.2) is 14.7 Å². The molecule has 4 heteroatoms. The van der Waals surface area contributed by atoms with Crippen LogP contribution in [0.3, 0.4) is 0 Å². The summed E-state index contributed by atoms with van der Waals surface area (Å²) in [6, 6.07) is 36.4. The number of nitriles is 1. The summed E-state index contributed by atoms with van der Waals surface area (Å²) in [7, 11) is 0. The molecule has 1 heterocycles. The first kappa shape index (κ1) is 21.2. The maximum absolute atomic E-state index is 10.7. The number of phenolic OH excluding ortho intramolecular Hbond substituents is 1. The normalized spacial score (nSPS) is 11.2. The summed E-state index contributed by atoms with van der Waals surface area (Å²) in [6.45, 7) is 1.84. The molecule has 34 heavy (non-hydrogen) atoms. The topological polar surface area (TPSA) is 61.8 Å². The van der Waals surface area contributed by atoms with Gasteiger partial charge in [-0.1, -0.05) is 91.0 Å². The van der Waals surface area contributed by atoms with Crippen LogP contribution in [0.15, 0.2) is 116 Å². The van der Waals surface area contributed by atoms with Gasteiger partial charge >= 0.3 is 0 Å². The van der Waals surface area contributed by atoms with Crippen LogP contribution in [0.2, 0.25) is 0 Å². The Kier molecular flexibility index (Phi) is 5.45. The van der Waals surface area contributed by atoms with E-state index in [1.54, 1.807) is 18.5 Å². The molecule has 0 aliphatic heterocycles. The molecule has 0 unspecified atom stereocenters. The van der Waals surface area contributed by atoms with E-state index in [4.69, 9.17) is 4.98 Å². The number of phenols is 1. The maximum Gasteiger partial charge on any atom is 0.125 e. The molecule has 0 saturated carbocycles. The molecule has 0 bridgehead atoms. The summed E-state index contributed by atoms with van der Waals surface area (Å²) in [6.07, 6.45) is 3.76. The van der Waals surface area contributed by atoms with Gasteiger partial charge in [0, 0.05) is 11.8 Å². The van der Waals surface area contributed by atoms with Gasteiger partial charge < -0.3 is 9.67 Å². The van der Waals surface area contributed by atoms with Crippen molar-refractivity contribution < 1.29 is 5.11 Å². The fourth-order valence-corrected chi connectivity index (χ4v) is 4.76. The van der Waals surface area contributed by atoms with Gasteiger partial charge in [-0.25, -0.2) is 4.98 Å². The summed E-state index contributed by atoms with van der Waals surface area (Å²) in [5, 5.41) is 20.2. The highest BCUT2D eigenvalue weighted by Crippen LogP contribution is 2.42. The number of rotatable bonds is 5. The molecule has 0 saturated heterocycles. The summed E-state index contributed by atoms with van der Waals surface area (Å²) in [5.74, 6) is 0.103. The highest BCUT2D eigenvalue weighted by atomic mass is 16.3. The van der Waals surface area contributed by atoms with E-state index >= 15 is 0 Å². The van der Waals surface area contributed by atoms with Crippen molar-refractivity contribution >= 4 is 0 Å². The van der Waals surface area contributed by atoms with Crippen LogP contribution in [0.5, 0.6) is 5.75 Å². The molecule has 1 N–H and O–H groups in total. The summed E-state index contributed by atoms with van der Waals surface area (Å²) >= 11 is 0. The van der Waals surface area contributed by atoms with Crippen molar-refractivity contribution in [2.24, 2.45) is 0 Å². The first-order chi connectivity index (χ1) is 16.7. The fourth-order valence-electron chi connectivity index (χ4n) is 4.76. The van der Waals surface area contributed by atoms with Crippen molar-refractivity contribution in [1.82, 2.24) is 9.55 Å². The molecule has 0 fully saturated rings. The Morgan fingerprint density at radius 3 is 1.74 bits per heavy atom. The highest BCUT2D eigenvalue weighted by Gasteiger charge is 2.38. The molecule has 0 aliphatic carbocycles.